The summed E-state index contributed by atoms with van der Waals surface area (Å²) in [5.74, 6) is 3.80. The van der Waals surface area contributed by atoms with Gasteiger partial charge in [0, 0.05) is 5.92 Å². The summed E-state index contributed by atoms with van der Waals surface area (Å²) in [4.78, 5) is 0. The summed E-state index contributed by atoms with van der Waals surface area (Å²) in [5.41, 5.74) is 11.5. The lowest BCUT2D eigenvalue weighted by Crippen LogP contribution is -2.20. The lowest BCUT2D eigenvalue weighted by Gasteiger charge is -2.33. The molecule has 0 amide bonds. The van der Waals surface area contributed by atoms with E-state index in [1.54, 1.807) is 0 Å². The van der Waals surface area contributed by atoms with Crippen LogP contribution in [0.4, 0.5) is 0 Å². The Labute approximate surface area is 245 Å². The van der Waals surface area contributed by atoms with Crippen LogP contribution in [0.15, 0.2) is 79.4 Å². The normalized spacial score (nSPS) is 25.5. The molecule has 5 atom stereocenters. The molecule has 0 radical (unpaired) electrons. The van der Waals surface area contributed by atoms with E-state index in [1.807, 2.05) is 0 Å². The van der Waals surface area contributed by atoms with Crippen molar-refractivity contribution in [2.45, 2.75) is 98.3 Å². The highest BCUT2D eigenvalue weighted by Crippen LogP contribution is 2.44. The minimum Gasteiger partial charge on any atom is -0.0952 e. The smallest absolute Gasteiger partial charge is 0.0237 e. The highest BCUT2D eigenvalue weighted by Gasteiger charge is 2.28. The summed E-state index contributed by atoms with van der Waals surface area (Å²) in [7, 11) is 0. The first-order valence-corrected chi connectivity index (χ1v) is 16.0. The molecule has 2 fully saturated rings. The second kappa shape index (κ2) is 11.7. The van der Waals surface area contributed by atoms with Gasteiger partial charge in [-0.25, -0.2) is 0 Å². The van der Waals surface area contributed by atoms with Crippen LogP contribution < -0.4 is 0 Å². The van der Waals surface area contributed by atoms with Crippen molar-refractivity contribution in [2.24, 2.45) is 29.1 Å². The van der Waals surface area contributed by atoms with E-state index in [4.69, 9.17) is 0 Å². The maximum atomic E-state index is 4.62. The van der Waals surface area contributed by atoms with E-state index >= 15 is 0 Å². The van der Waals surface area contributed by atoms with E-state index in [9.17, 15) is 0 Å². The number of allylic oxidation sites excluding steroid dienone is 6. The van der Waals surface area contributed by atoms with Crippen molar-refractivity contribution in [3.8, 4) is 0 Å². The molecule has 40 heavy (non-hydrogen) atoms. The van der Waals surface area contributed by atoms with Gasteiger partial charge in [-0.05, 0) is 119 Å². The fourth-order valence-electron chi connectivity index (χ4n) is 7.53. The first-order valence-electron chi connectivity index (χ1n) is 16.0. The Morgan fingerprint density at radius 3 is 2.17 bits per heavy atom. The molecule has 3 aliphatic rings. The predicted molar refractivity (Wildman–Crippen MR) is 175 cm³/mol. The Bertz CT molecular complexity index is 1280. The topological polar surface area (TPSA) is 0 Å². The fraction of sp³-hybridized carbons (Fsp3) is 0.500. The van der Waals surface area contributed by atoms with Crippen LogP contribution in [0.5, 0.6) is 0 Å². The number of hydrogen-bond acceptors (Lipinski definition) is 0. The van der Waals surface area contributed by atoms with Crippen molar-refractivity contribution < 1.29 is 0 Å². The number of rotatable bonds is 9. The molecule has 5 rings (SSSR count). The van der Waals surface area contributed by atoms with Crippen LogP contribution in [0.1, 0.15) is 120 Å². The highest BCUT2D eigenvalue weighted by molar-refractivity contribution is 5.67. The number of benzene rings is 2. The van der Waals surface area contributed by atoms with Crippen LogP contribution in [0.2, 0.25) is 0 Å². The average Bonchev–Trinajstić information content (AvgIpc) is 3.62. The van der Waals surface area contributed by atoms with Crippen LogP contribution in [0, 0.1) is 29.1 Å². The van der Waals surface area contributed by atoms with Crippen LogP contribution in [0.25, 0.3) is 11.1 Å². The zero-order valence-electron chi connectivity index (χ0n) is 26.1. The molecular formula is C40H52. The van der Waals surface area contributed by atoms with Gasteiger partial charge in [-0.15, -0.1) is 0 Å². The van der Waals surface area contributed by atoms with E-state index in [-0.39, 0.29) is 5.41 Å². The first kappa shape index (κ1) is 28.9. The van der Waals surface area contributed by atoms with Crippen molar-refractivity contribution >= 4 is 11.1 Å². The van der Waals surface area contributed by atoms with Gasteiger partial charge < -0.3 is 0 Å². The van der Waals surface area contributed by atoms with E-state index in [1.165, 1.54) is 76.6 Å². The number of hydrogen-bond donors (Lipinski definition) is 0. The molecular weight excluding hydrogens is 480 g/mol. The van der Waals surface area contributed by atoms with Crippen LogP contribution in [-0.4, -0.2) is 0 Å². The van der Waals surface area contributed by atoms with E-state index in [0.29, 0.717) is 17.8 Å². The summed E-state index contributed by atoms with van der Waals surface area (Å²) in [6, 6.07) is 16.7. The summed E-state index contributed by atoms with van der Waals surface area (Å²) in [5, 5.41) is 0. The van der Waals surface area contributed by atoms with Crippen molar-refractivity contribution in [1.29, 1.82) is 0 Å². The van der Waals surface area contributed by atoms with Crippen molar-refractivity contribution in [3.63, 3.8) is 0 Å². The van der Waals surface area contributed by atoms with Crippen LogP contribution in [-0.2, 0) is 6.42 Å². The standard InChI is InChI=1S/C40H52/c1-26-18-27(2)20-36(19-26)30(5)32-12-16-34(17-13-32)39-11-9-10-38(39)29(4)21-28(3)35-22-31(25-40(6,7)8)23-37(24-35)33-14-15-33/h9-13,16-17,22-24,26-27,29,33,36,39H,3,5,14-15,18-21,25H2,1-2,4,6-8H3/t26-,27+,29-,36?,39?/m1/s1. The van der Waals surface area contributed by atoms with Crippen LogP contribution >= 0.6 is 0 Å². The summed E-state index contributed by atoms with van der Waals surface area (Å²) < 4.78 is 0. The molecule has 0 bridgehead atoms. The molecule has 0 aromatic heterocycles. The Kier molecular flexibility index (Phi) is 8.47. The molecule has 2 unspecified atom stereocenters. The van der Waals surface area contributed by atoms with Crippen LogP contribution in [0.3, 0.4) is 0 Å². The molecule has 0 aliphatic heterocycles. The predicted octanol–water partition coefficient (Wildman–Crippen LogP) is 11.6. The van der Waals surface area contributed by atoms with E-state index < -0.39 is 0 Å². The Hall–Kier alpha value is -2.60. The first-order chi connectivity index (χ1) is 19.0. The summed E-state index contributed by atoms with van der Waals surface area (Å²) in [6.45, 7) is 23.4. The third-order valence-corrected chi connectivity index (χ3v) is 9.59. The van der Waals surface area contributed by atoms with Gasteiger partial charge in [0.25, 0.3) is 0 Å². The van der Waals surface area contributed by atoms with Gasteiger partial charge in [0.1, 0.15) is 0 Å². The molecule has 3 aliphatic carbocycles. The Balaban J connectivity index is 1.26. The minimum atomic E-state index is 0.288. The van der Waals surface area contributed by atoms with Gasteiger partial charge in [-0.2, -0.15) is 0 Å². The second-order valence-corrected chi connectivity index (χ2v) is 15.0. The molecule has 0 saturated heterocycles. The maximum absolute atomic E-state index is 4.62. The fourth-order valence-corrected chi connectivity index (χ4v) is 7.53. The molecule has 212 valence electrons. The molecule has 2 saturated carbocycles. The second-order valence-electron chi connectivity index (χ2n) is 15.0. The molecule has 0 heteroatoms. The van der Waals surface area contributed by atoms with Gasteiger partial charge in [0.05, 0.1) is 0 Å². The van der Waals surface area contributed by atoms with Crippen molar-refractivity contribution in [3.05, 3.63) is 107 Å². The lowest BCUT2D eigenvalue weighted by atomic mass is 9.72. The summed E-state index contributed by atoms with van der Waals surface area (Å²) in [6.07, 6.45) is 15.7. The third-order valence-electron chi connectivity index (χ3n) is 9.59. The Morgan fingerprint density at radius 2 is 1.55 bits per heavy atom. The minimum absolute atomic E-state index is 0.288. The molecule has 2 aromatic rings. The SMILES string of the molecule is C=C(C[C@@H](C)C1=CC=CC1c1ccc(C(=C)C2C[C@@H](C)C[C@@H](C)C2)cc1)c1cc(CC(C)(C)C)cc(C2CC2)c1. The lowest BCUT2D eigenvalue weighted by molar-refractivity contribution is 0.258. The maximum Gasteiger partial charge on any atom is 0.0237 e. The van der Waals surface area contributed by atoms with Gasteiger partial charge in [0.2, 0.25) is 0 Å². The zero-order chi connectivity index (χ0) is 28.6. The average molecular weight is 533 g/mol. The van der Waals surface area contributed by atoms with E-state index in [0.717, 1.165) is 30.6 Å². The quantitative estimate of drug-likeness (QED) is 0.301. The van der Waals surface area contributed by atoms with Gasteiger partial charge in [-0.1, -0.05) is 121 Å². The molecule has 0 heterocycles. The van der Waals surface area contributed by atoms with Crippen molar-refractivity contribution in [2.75, 3.05) is 0 Å². The van der Waals surface area contributed by atoms with Gasteiger partial charge >= 0.3 is 0 Å². The highest BCUT2D eigenvalue weighted by atomic mass is 14.3. The van der Waals surface area contributed by atoms with Gasteiger partial charge in [-0.3, -0.25) is 0 Å². The van der Waals surface area contributed by atoms with Gasteiger partial charge in [0.15, 0.2) is 0 Å². The third kappa shape index (κ3) is 6.99. The Morgan fingerprint density at radius 1 is 0.875 bits per heavy atom. The molecule has 0 nitrogen and oxygen atoms in total. The molecule has 2 aromatic carbocycles. The largest absolute Gasteiger partial charge is 0.0952 e. The van der Waals surface area contributed by atoms with E-state index in [2.05, 4.69) is 115 Å². The van der Waals surface area contributed by atoms with Crippen molar-refractivity contribution in [1.82, 2.24) is 0 Å². The zero-order valence-corrected chi connectivity index (χ0v) is 26.1. The summed E-state index contributed by atoms with van der Waals surface area (Å²) >= 11 is 0. The molecule has 0 spiro atoms. The molecule has 0 N–H and O–H groups in total. The monoisotopic (exact) mass is 532 g/mol.